The van der Waals surface area contributed by atoms with Gasteiger partial charge in [0.05, 0.1) is 11.0 Å². The van der Waals surface area contributed by atoms with Crippen molar-refractivity contribution in [1.29, 1.82) is 0 Å². The van der Waals surface area contributed by atoms with Crippen LogP contribution < -0.4 is 10.2 Å². The molecule has 2 heterocycles. The van der Waals surface area contributed by atoms with Crippen LogP contribution in [0.3, 0.4) is 0 Å². The molecule has 172 valence electrons. The van der Waals surface area contributed by atoms with E-state index in [9.17, 15) is 9.59 Å². The van der Waals surface area contributed by atoms with E-state index in [0.717, 1.165) is 33.7 Å². The first-order valence-electron chi connectivity index (χ1n) is 11.6. The van der Waals surface area contributed by atoms with Crippen LogP contribution in [-0.2, 0) is 16.6 Å². The van der Waals surface area contributed by atoms with Gasteiger partial charge in [-0.15, -0.1) is 0 Å². The summed E-state index contributed by atoms with van der Waals surface area (Å²) in [7, 11) is 1.95. The maximum atomic E-state index is 13.4. The number of fused-ring (bicyclic) bond motifs is 1. The summed E-state index contributed by atoms with van der Waals surface area (Å²) < 4.78 is 2.01. The SMILES string of the molecule is Cc1ccc(N2CCC(C(=O)NC(c3ccccc3)c3nc4ccccc4n3C)C2=O)cc1C. The van der Waals surface area contributed by atoms with Gasteiger partial charge < -0.3 is 14.8 Å². The van der Waals surface area contributed by atoms with Crippen LogP contribution >= 0.6 is 0 Å². The Morgan fingerprint density at radius 2 is 1.74 bits per heavy atom. The smallest absolute Gasteiger partial charge is 0.239 e. The summed E-state index contributed by atoms with van der Waals surface area (Å²) in [6.45, 7) is 4.61. The topological polar surface area (TPSA) is 67.2 Å². The maximum Gasteiger partial charge on any atom is 0.239 e. The average molecular weight is 453 g/mol. The van der Waals surface area contributed by atoms with E-state index in [1.165, 1.54) is 5.56 Å². The number of nitrogens with one attached hydrogen (secondary N) is 1. The van der Waals surface area contributed by atoms with Crippen molar-refractivity contribution >= 4 is 28.5 Å². The number of aryl methyl sites for hydroxylation is 3. The van der Waals surface area contributed by atoms with E-state index in [-0.39, 0.29) is 11.8 Å². The van der Waals surface area contributed by atoms with Crippen molar-refractivity contribution in [3.8, 4) is 0 Å². The molecule has 6 nitrogen and oxygen atoms in total. The molecule has 0 bridgehead atoms. The summed E-state index contributed by atoms with van der Waals surface area (Å²) in [6, 6.07) is 23.2. The number of para-hydroxylation sites is 2. The Labute approximate surface area is 199 Å². The van der Waals surface area contributed by atoms with Gasteiger partial charge in [-0.3, -0.25) is 9.59 Å². The summed E-state index contributed by atoms with van der Waals surface area (Å²) in [4.78, 5) is 33.2. The van der Waals surface area contributed by atoms with Crippen molar-refractivity contribution in [3.05, 3.63) is 95.3 Å². The van der Waals surface area contributed by atoms with E-state index in [1.807, 2.05) is 98.3 Å². The minimum absolute atomic E-state index is 0.155. The highest BCUT2D eigenvalue weighted by Gasteiger charge is 2.39. The van der Waals surface area contributed by atoms with Gasteiger partial charge in [0.25, 0.3) is 0 Å². The van der Waals surface area contributed by atoms with Gasteiger partial charge in [0, 0.05) is 19.3 Å². The summed E-state index contributed by atoms with van der Waals surface area (Å²) in [6.07, 6.45) is 0.488. The van der Waals surface area contributed by atoms with E-state index in [2.05, 4.69) is 5.32 Å². The lowest BCUT2D eigenvalue weighted by Gasteiger charge is -2.22. The molecule has 0 spiro atoms. The van der Waals surface area contributed by atoms with E-state index < -0.39 is 12.0 Å². The molecular weight excluding hydrogens is 424 g/mol. The Morgan fingerprint density at radius 1 is 1.00 bits per heavy atom. The van der Waals surface area contributed by atoms with Crippen LogP contribution in [0.25, 0.3) is 11.0 Å². The fraction of sp³-hybridized carbons (Fsp3) is 0.250. The highest BCUT2D eigenvalue weighted by Crippen LogP contribution is 2.29. The second kappa shape index (κ2) is 8.78. The Hall–Kier alpha value is -3.93. The van der Waals surface area contributed by atoms with Crippen LogP contribution in [0, 0.1) is 19.8 Å². The van der Waals surface area contributed by atoms with Crippen molar-refractivity contribution in [1.82, 2.24) is 14.9 Å². The molecule has 1 aliphatic rings. The normalized spacial score (nSPS) is 16.7. The molecule has 1 aromatic heterocycles. The molecule has 2 amide bonds. The number of amides is 2. The second-order valence-electron chi connectivity index (χ2n) is 8.97. The fourth-order valence-corrected chi connectivity index (χ4v) is 4.68. The fourth-order valence-electron chi connectivity index (χ4n) is 4.68. The predicted molar refractivity (Wildman–Crippen MR) is 134 cm³/mol. The Bertz CT molecular complexity index is 1380. The molecule has 1 N–H and O–H groups in total. The zero-order valence-electron chi connectivity index (χ0n) is 19.7. The molecule has 1 saturated heterocycles. The molecule has 4 aromatic rings. The van der Waals surface area contributed by atoms with Crippen molar-refractivity contribution in [2.45, 2.75) is 26.3 Å². The van der Waals surface area contributed by atoms with E-state index in [4.69, 9.17) is 4.98 Å². The second-order valence-corrected chi connectivity index (χ2v) is 8.97. The number of imidazole rings is 1. The van der Waals surface area contributed by atoms with Gasteiger partial charge in [0.2, 0.25) is 11.8 Å². The molecule has 3 aromatic carbocycles. The van der Waals surface area contributed by atoms with Crippen molar-refractivity contribution in [2.24, 2.45) is 13.0 Å². The van der Waals surface area contributed by atoms with Crippen LogP contribution in [0.15, 0.2) is 72.8 Å². The molecular formula is C28H28N4O2. The van der Waals surface area contributed by atoms with E-state index in [1.54, 1.807) is 4.90 Å². The number of carbonyl (C=O) groups is 2. The summed E-state index contributed by atoms with van der Waals surface area (Å²) in [5.74, 6) is -0.408. The van der Waals surface area contributed by atoms with E-state index in [0.29, 0.717) is 13.0 Å². The number of anilines is 1. The third kappa shape index (κ3) is 3.85. The molecule has 2 atom stereocenters. The van der Waals surface area contributed by atoms with Gasteiger partial charge in [-0.2, -0.15) is 0 Å². The van der Waals surface area contributed by atoms with Crippen LogP contribution in [0.1, 0.15) is 35.0 Å². The minimum atomic E-state index is -0.720. The van der Waals surface area contributed by atoms with Crippen LogP contribution in [0.2, 0.25) is 0 Å². The van der Waals surface area contributed by atoms with Gasteiger partial charge >= 0.3 is 0 Å². The average Bonchev–Trinajstić information content (AvgIpc) is 3.40. The molecule has 1 fully saturated rings. The maximum absolute atomic E-state index is 13.4. The Morgan fingerprint density at radius 3 is 2.47 bits per heavy atom. The number of nitrogens with zero attached hydrogens (tertiary/aromatic N) is 3. The third-order valence-electron chi connectivity index (χ3n) is 6.82. The summed E-state index contributed by atoms with van der Waals surface area (Å²) in [5.41, 5.74) is 5.93. The lowest BCUT2D eigenvalue weighted by Crippen LogP contribution is -2.39. The zero-order chi connectivity index (χ0) is 23.8. The number of carbonyl (C=O) groups excluding carboxylic acids is 2. The minimum Gasteiger partial charge on any atom is -0.341 e. The molecule has 0 radical (unpaired) electrons. The first-order chi connectivity index (χ1) is 16.4. The lowest BCUT2D eigenvalue weighted by atomic mass is 10.0. The quantitative estimate of drug-likeness (QED) is 0.455. The van der Waals surface area contributed by atoms with Crippen LogP contribution in [0.5, 0.6) is 0 Å². The van der Waals surface area contributed by atoms with Gasteiger partial charge in [-0.25, -0.2) is 4.98 Å². The molecule has 2 unspecified atom stereocenters. The number of hydrogen-bond acceptors (Lipinski definition) is 3. The molecule has 34 heavy (non-hydrogen) atoms. The first kappa shape index (κ1) is 21.9. The zero-order valence-corrected chi connectivity index (χ0v) is 19.7. The summed E-state index contributed by atoms with van der Waals surface area (Å²) >= 11 is 0. The highest BCUT2D eigenvalue weighted by atomic mass is 16.2. The Balaban J connectivity index is 1.44. The van der Waals surface area contributed by atoms with Crippen molar-refractivity contribution in [2.75, 3.05) is 11.4 Å². The van der Waals surface area contributed by atoms with Gasteiger partial charge in [-0.1, -0.05) is 48.5 Å². The van der Waals surface area contributed by atoms with Gasteiger partial charge in [0.1, 0.15) is 17.8 Å². The van der Waals surface area contributed by atoms with Crippen molar-refractivity contribution < 1.29 is 9.59 Å². The van der Waals surface area contributed by atoms with Crippen LogP contribution in [0.4, 0.5) is 5.69 Å². The predicted octanol–water partition coefficient (Wildman–Crippen LogP) is 4.45. The largest absolute Gasteiger partial charge is 0.341 e. The highest BCUT2D eigenvalue weighted by molar-refractivity contribution is 6.09. The molecule has 0 aliphatic carbocycles. The molecule has 6 heteroatoms. The monoisotopic (exact) mass is 452 g/mol. The standard InChI is InChI=1S/C28H28N4O2/c1-18-13-14-21(17-19(18)2)32-16-15-22(28(32)34)27(33)30-25(20-9-5-4-6-10-20)26-29-23-11-7-8-12-24(23)31(26)3/h4-14,17,22,25H,15-16H2,1-3H3,(H,30,33). The number of aromatic nitrogens is 2. The molecule has 0 saturated carbocycles. The van der Waals surface area contributed by atoms with Crippen LogP contribution in [-0.4, -0.2) is 27.9 Å². The third-order valence-corrected chi connectivity index (χ3v) is 6.82. The van der Waals surface area contributed by atoms with E-state index >= 15 is 0 Å². The molecule has 5 rings (SSSR count). The number of rotatable bonds is 5. The molecule has 1 aliphatic heterocycles. The number of hydrogen-bond donors (Lipinski definition) is 1. The van der Waals surface area contributed by atoms with Crippen molar-refractivity contribution in [3.63, 3.8) is 0 Å². The number of benzene rings is 3. The van der Waals surface area contributed by atoms with Gasteiger partial charge in [0.15, 0.2) is 0 Å². The first-order valence-corrected chi connectivity index (χ1v) is 11.6. The Kier molecular flexibility index (Phi) is 5.65. The summed E-state index contributed by atoms with van der Waals surface area (Å²) in [5, 5.41) is 3.15. The lowest BCUT2D eigenvalue weighted by molar-refractivity contribution is -0.132. The van der Waals surface area contributed by atoms with Gasteiger partial charge in [-0.05, 0) is 61.2 Å².